The van der Waals surface area contributed by atoms with E-state index in [1.165, 1.54) is 5.56 Å². The highest BCUT2D eigenvalue weighted by Gasteiger charge is 2.41. The molecule has 0 spiro atoms. The fourth-order valence-electron chi connectivity index (χ4n) is 4.68. The highest BCUT2D eigenvalue weighted by Crippen LogP contribution is 2.42. The standard InChI is InChI=1S/C26H35ClN2O3S/c1-19(2)24(28-33(31,32)17-15-20-8-6-5-7-9-20)25(30)29-16-14-23(26(3,4)18-29)21-10-12-22(27)13-11-21/h5-13,19,23-24,28H,14-18H2,1-4H3/t23-,24-/m1/s1. The Morgan fingerprint density at radius 3 is 2.33 bits per heavy atom. The van der Waals surface area contributed by atoms with E-state index >= 15 is 0 Å². The van der Waals surface area contributed by atoms with Crippen molar-refractivity contribution in [3.63, 3.8) is 0 Å². The SMILES string of the molecule is CC(C)[C@@H](NS(=O)(=O)CCc1ccccc1)C(=O)N1CC[C@H](c2ccc(Cl)cc2)C(C)(C)C1. The van der Waals surface area contributed by atoms with Crippen LogP contribution in [-0.4, -0.2) is 44.1 Å². The van der Waals surface area contributed by atoms with Gasteiger partial charge in [0, 0.05) is 18.1 Å². The molecule has 1 saturated heterocycles. The topological polar surface area (TPSA) is 66.5 Å². The number of sulfonamides is 1. The van der Waals surface area contributed by atoms with E-state index in [4.69, 9.17) is 11.6 Å². The molecule has 7 heteroatoms. The monoisotopic (exact) mass is 490 g/mol. The lowest BCUT2D eigenvalue weighted by Gasteiger charge is -2.45. The lowest BCUT2D eigenvalue weighted by Crippen LogP contribution is -2.56. The van der Waals surface area contributed by atoms with Gasteiger partial charge >= 0.3 is 0 Å². The normalized spacial score (nSPS) is 19.5. The van der Waals surface area contributed by atoms with Gasteiger partial charge in [0.1, 0.15) is 6.04 Å². The van der Waals surface area contributed by atoms with Gasteiger partial charge in [0.15, 0.2) is 0 Å². The number of hydrogen-bond donors (Lipinski definition) is 1. The number of amides is 1. The van der Waals surface area contributed by atoms with Crippen LogP contribution in [0.2, 0.25) is 5.02 Å². The summed E-state index contributed by atoms with van der Waals surface area (Å²) in [6, 6.07) is 16.7. The molecule has 33 heavy (non-hydrogen) atoms. The van der Waals surface area contributed by atoms with Crippen molar-refractivity contribution in [1.82, 2.24) is 9.62 Å². The van der Waals surface area contributed by atoms with E-state index in [0.717, 1.165) is 12.0 Å². The lowest BCUT2D eigenvalue weighted by atomic mass is 9.70. The Kier molecular flexibility index (Phi) is 8.25. The molecule has 1 N–H and O–H groups in total. The van der Waals surface area contributed by atoms with Crippen molar-refractivity contribution in [3.05, 3.63) is 70.7 Å². The van der Waals surface area contributed by atoms with Gasteiger partial charge in [-0.15, -0.1) is 0 Å². The van der Waals surface area contributed by atoms with Crippen LogP contribution < -0.4 is 4.72 Å². The number of benzene rings is 2. The van der Waals surface area contributed by atoms with Gasteiger partial charge in [-0.05, 0) is 53.4 Å². The molecule has 5 nitrogen and oxygen atoms in total. The third-order valence-electron chi connectivity index (χ3n) is 6.55. The molecule has 0 unspecified atom stereocenters. The summed E-state index contributed by atoms with van der Waals surface area (Å²) in [7, 11) is -3.60. The molecule has 2 atom stereocenters. The fraction of sp³-hybridized carbons (Fsp3) is 0.500. The molecule has 0 saturated carbocycles. The van der Waals surface area contributed by atoms with Crippen molar-refractivity contribution >= 4 is 27.5 Å². The van der Waals surface area contributed by atoms with Crippen LogP contribution in [0.3, 0.4) is 0 Å². The largest absolute Gasteiger partial charge is 0.341 e. The molecule has 180 valence electrons. The van der Waals surface area contributed by atoms with Crippen molar-refractivity contribution in [1.29, 1.82) is 0 Å². The van der Waals surface area contributed by atoms with Crippen LogP contribution in [-0.2, 0) is 21.2 Å². The highest BCUT2D eigenvalue weighted by molar-refractivity contribution is 7.89. The number of nitrogens with zero attached hydrogens (tertiary/aromatic N) is 1. The Balaban J connectivity index is 1.67. The average Bonchev–Trinajstić information content (AvgIpc) is 2.76. The van der Waals surface area contributed by atoms with Gasteiger partial charge in [-0.25, -0.2) is 13.1 Å². The molecule has 1 aliphatic heterocycles. The van der Waals surface area contributed by atoms with E-state index < -0.39 is 16.1 Å². The number of piperidine rings is 1. The molecule has 1 aliphatic rings. The summed E-state index contributed by atoms with van der Waals surface area (Å²) in [6.07, 6.45) is 1.24. The number of aryl methyl sites for hydroxylation is 1. The van der Waals surface area contributed by atoms with Crippen molar-refractivity contribution in [2.24, 2.45) is 11.3 Å². The maximum Gasteiger partial charge on any atom is 0.241 e. The summed E-state index contributed by atoms with van der Waals surface area (Å²) >= 11 is 6.05. The average molecular weight is 491 g/mol. The molecule has 0 bridgehead atoms. The van der Waals surface area contributed by atoms with Crippen LogP contribution in [0.15, 0.2) is 54.6 Å². The summed E-state index contributed by atoms with van der Waals surface area (Å²) < 4.78 is 28.3. The number of carbonyl (C=O) groups excluding carboxylic acids is 1. The van der Waals surface area contributed by atoms with E-state index in [2.05, 4.69) is 30.7 Å². The molecule has 1 amide bonds. The van der Waals surface area contributed by atoms with E-state index in [1.807, 2.05) is 61.2 Å². The third-order valence-corrected chi connectivity index (χ3v) is 8.16. The summed E-state index contributed by atoms with van der Waals surface area (Å²) in [5, 5.41) is 0.712. The zero-order chi connectivity index (χ0) is 24.2. The van der Waals surface area contributed by atoms with Crippen molar-refractivity contribution in [3.8, 4) is 0 Å². The van der Waals surface area contributed by atoms with Crippen LogP contribution in [0.1, 0.15) is 51.2 Å². The Morgan fingerprint density at radius 2 is 1.76 bits per heavy atom. The summed E-state index contributed by atoms with van der Waals surface area (Å²) in [5.74, 6) is -0.0339. The van der Waals surface area contributed by atoms with Gasteiger partial charge in [0.25, 0.3) is 0 Å². The zero-order valence-electron chi connectivity index (χ0n) is 19.9. The van der Waals surface area contributed by atoms with Gasteiger partial charge in [0.05, 0.1) is 5.75 Å². The summed E-state index contributed by atoms with van der Waals surface area (Å²) in [5.41, 5.74) is 2.04. The Morgan fingerprint density at radius 1 is 1.12 bits per heavy atom. The van der Waals surface area contributed by atoms with Crippen LogP contribution in [0, 0.1) is 11.3 Å². The van der Waals surface area contributed by atoms with E-state index in [9.17, 15) is 13.2 Å². The van der Waals surface area contributed by atoms with Gasteiger partial charge in [-0.2, -0.15) is 0 Å². The number of hydrogen-bond acceptors (Lipinski definition) is 3. The minimum atomic E-state index is -3.60. The van der Waals surface area contributed by atoms with Crippen molar-refractivity contribution in [2.45, 2.75) is 52.5 Å². The maximum atomic E-state index is 13.4. The second-order valence-electron chi connectivity index (χ2n) is 10.0. The quantitative estimate of drug-likeness (QED) is 0.574. The molecule has 0 radical (unpaired) electrons. The number of likely N-dealkylation sites (tertiary alicyclic amines) is 1. The van der Waals surface area contributed by atoms with E-state index in [0.29, 0.717) is 30.5 Å². The fourth-order valence-corrected chi connectivity index (χ4v) is 6.18. The predicted octanol–water partition coefficient (Wildman–Crippen LogP) is 4.87. The molecule has 2 aromatic carbocycles. The Bertz CT molecular complexity index is 1040. The first-order chi connectivity index (χ1) is 15.5. The second-order valence-corrected chi connectivity index (χ2v) is 12.3. The number of rotatable bonds is 8. The van der Waals surface area contributed by atoms with Gasteiger partial charge in [0.2, 0.25) is 15.9 Å². The first-order valence-corrected chi connectivity index (χ1v) is 13.6. The summed E-state index contributed by atoms with van der Waals surface area (Å²) in [6.45, 7) is 9.28. The van der Waals surface area contributed by atoms with Gasteiger partial charge in [-0.3, -0.25) is 4.79 Å². The zero-order valence-corrected chi connectivity index (χ0v) is 21.5. The minimum Gasteiger partial charge on any atom is -0.341 e. The molecule has 0 aliphatic carbocycles. The lowest BCUT2D eigenvalue weighted by molar-refractivity contribution is -0.137. The van der Waals surface area contributed by atoms with Crippen LogP contribution in [0.5, 0.6) is 0 Å². The molecular formula is C26H35ClN2O3S. The second kappa shape index (κ2) is 10.6. The number of nitrogens with one attached hydrogen (secondary N) is 1. The Labute approximate surface area is 203 Å². The highest BCUT2D eigenvalue weighted by atomic mass is 35.5. The molecule has 1 heterocycles. The molecule has 1 fully saturated rings. The first kappa shape index (κ1) is 25.7. The molecule has 2 aromatic rings. The van der Waals surface area contributed by atoms with Gasteiger partial charge < -0.3 is 4.90 Å². The molecular weight excluding hydrogens is 456 g/mol. The predicted molar refractivity (Wildman–Crippen MR) is 135 cm³/mol. The van der Waals surface area contributed by atoms with E-state index in [1.54, 1.807) is 0 Å². The van der Waals surface area contributed by atoms with Crippen molar-refractivity contribution < 1.29 is 13.2 Å². The molecule has 0 aromatic heterocycles. The number of carbonyl (C=O) groups is 1. The van der Waals surface area contributed by atoms with Crippen LogP contribution in [0.25, 0.3) is 0 Å². The number of halogens is 1. The third kappa shape index (κ3) is 6.81. The van der Waals surface area contributed by atoms with Crippen LogP contribution in [0.4, 0.5) is 0 Å². The van der Waals surface area contributed by atoms with Gasteiger partial charge in [-0.1, -0.05) is 81.8 Å². The minimum absolute atomic E-state index is 0.0440. The van der Waals surface area contributed by atoms with Crippen molar-refractivity contribution in [2.75, 3.05) is 18.8 Å². The molecule has 3 rings (SSSR count). The first-order valence-electron chi connectivity index (χ1n) is 11.6. The van der Waals surface area contributed by atoms with Crippen LogP contribution >= 0.6 is 11.6 Å². The smallest absolute Gasteiger partial charge is 0.241 e. The summed E-state index contributed by atoms with van der Waals surface area (Å²) in [4.78, 5) is 15.3. The maximum absolute atomic E-state index is 13.4. The Hall–Kier alpha value is -1.89. The van der Waals surface area contributed by atoms with E-state index in [-0.39, 0.29) is 23.0 Å².